The first-order valence-corrected chi connectivity index (χ1v) is 10.2. The third-order valence-electron chi connectivity index (χ3n) is 5.87. The summed E-state index contributed by atoms with van der Waals surface area (Å²) in [5.41, 5.74) is 2.61. The number of hydrogen-bond acceptors (Lipinski definition) is 6. The van der Waals surface area contributed by atoms with Crippen LogP contribution in [0.4, 0.5) is 5.69 Å². The standard InChI is InChI=1S/C21H25N5O3/c1-15-18(6-10-29-15)21(27)25-7-2-3-16(13-25)20-22-19-5-4-17(14-26(19)23-20)24-8-11-28-12-9-24/h4-6,10,14,16H,2-3,7-9,11-13H2,1H3/t16-/m1/s1. The molecule has 0 spiro atoms. The van der Waals surface area contributed by atoms with Crippen LogP contribution in [0.1, 0.15) is 40.7 Å². The fourth-order valence-electron chi connectivity index (χ4n) is 4.22. The minimum absolute atomic E-state index is 0.0271. The molecule has 152 valence electrons. The zero-order valence-corrected chi connectivity index (χ0v) is 16.6. The van der Waals surface area contributed by atoms with E-state index in [1.807, 2.05) is 28.6 Å². The van der Waals surface area contributed by atoms with Gasteiger partial charge >= 0.3 is 0 Å². The Morgan fingerprint density at radius 2 is 2.03 bits per heavy atom. The maximum absolute atomic E-state index is 12.9. The molecule has 0 aromatic carbocycles. The summed E-state index contributed by atoms with van der Waals surface area (Å²) in [7, 11) is 0. The number of nitrogens with zero attached hydrogens (tertiary/aromatic N) is 5. The number of carbonyl (C=O) groups is 1. The van der Waals surface area contributed by atoms with E-state index in [0.717, 1.165) is 62.8 Å². The molecule has 2 fully saturated rings. The van der Waals surface area contributed by atoms with Gasteiger partial charge in [-0.25, -0.2) is 9.50 Å². The number of carbonyl (C=O) groups excluding carboxylic acids is 1. The fraction of sp³-hybridized carbons (Fsp3) is 0.476. The second-order valence-electron chi connectivity index (χ2n) is 7.74. The van der Waals surface area contributed by atoms with Gasteiger partial charge in [-0.1, -0.05) is 0 Å². The van der Waals surface area contributed by atoms with Gasteiger partial charge in [-0.15, -0.1) is 0 Å². The van der Waals surface area contributed by atoms with E-state index >= 15 is 0 Å². The van der Waals surface area contributed by atoms with Gasteiger partial charge in [-0.2, -0.15) is 5.10 Å². The lowest BCUT2D eigenvalue weighted by Crippen LogP contribution is -2.39. The Balaban J connectivity index is 1.35. The Morgan fingerprint density at radius 3 is 2.83 bits per heavy atom. The number of pyridine rings is 1. The summed E-state index contributed by atoms with van der Waals surface area (Å²) in [6, 6.07) is 5.86. The Morgan fingerprint density at radius 1 is 1.17 bits per heavy atom. The number of fused-ring (bicyclic) bond motifs is 1. The van der Waals surface area contributed by atoms with Crippen LogP contribution in [0.5, 0.6) is 0 Å². The normalized spacial score (nSPS) is 20.4. The number of piperidine rings is 1. The molecule has 1 amide bonds. The van der Waals surface area contributed by atoms with Crippen molar-refractivity contribution in [3.63, 3.8) is 0 Å². The lowest BCUT2D eigenvalue weighted by atomic mass is 9.97. The van der Waals surface area contributed by atoms with Crippen molar-refractivity contribution in [3.05, 3.63) is 47.8 Å². The summed E-state index contributed by atoms with van der Waals surface area (Å²) in [5.74, 6) is 1.65. The minimum atomic E-state index is 0.0271. The number of morpholine rings is 1. The van der Waals surface area contributed by atoms with Crippen molar-refractivity contribution in [2.45, 2.75) is 25.7 Å². The summed E-state index contributed by atoms with van der Waals surface area (Å²) in [5, 5.41) is 4.76. The van der Waals surface area contributed by atoms with Crippen molar-refractivity contribution in [1.29, 1.82) is 0 Å². The first-order chi connectivity index (χ1) is 14.2. The highest BCUT2D eigenvalue weighted by Gasteiger charge is 2.29. The molecule has 5 heterocycles. The highest BCUT2D eigenvalue weighted by Crippen LogP contribution is 2.27. The first-order valence-electron chi connectivity index (χ1n) is 10.2. The van der Waals surface area contributed by atoms with Crippen LogP contribution in [-0.4, -0.2) is 64.8 Å². The Kier molecular flexibility index (Phi) is 4.71. The molecule has 2 saturated heterocycles. The zero-order chi connectivity index (χ0) is 19.8. The van der Waals surface area contributed by atoms with E-state index in [0.29, 0.717) is 17.9 Å². The van der Waals surface area contributed by atoms with Crippen LogP contribution < -0.4 is 4.90 Å². The van der Waals surface area contributed by atoms with Gasteiger partial charge in [0.25, 0.3) is 5.91 Å². The van der Waals surface area contributed by atoms with Crippen LogP contribution in [-0.2, 0) is 4.74 Å². The molecule has 5 rings (SSSR count). The molecular weight excluding hydrogens is 370 g/mol. The van der Waals surface area contributed by atoms with Gasteiger partial charge in [-0.3, -0.25) is 4.79 Å². The summed E-state index contributed by atoms with van der Waals surface area (Å²) in [4.78, 5) is 21.8. The van der Waals surface area contributed by atoms with E-state index in [9.17, 15) is 4.79 Å². The van der Waals surface area contributed by atoms with Crippen LogP contribution in [0.3, 0.4) is 0 Å². The van der Waals surface area contributed by atoms with E-state index < -0.39 is 0 Å². The number of amides is 1. The average Bonchev–Trinajstić information content (AvgIpc) is 3.39. The summed E-state index contributed by atoms with van der Waals surface area (Å²) >= 11 is 0. The first kappa shape index (κ1) is 18.2. The van der Waals surface area contributed by atoms with Crippen LogP contribution >= 0.6 is 0 Å². The second kappa shape index (κ2) is 7.51. The van der Waals surface area contributed by atoms with Crippen molar-refractivity contribution in [2.75, 3.05) is 44.3 Å². The summed E-state index contributed by atoms with van der Waals surface area (Å²) in [6.07, 6.45) is 5.54. The van der Waals surface area contributed by atoms with Crippen molar-refractivity contribution in [2.24, 2.45) is 0 Å². The maximum atomic E-state index is 12.9. The zero-order valence-electron chi connectivity index (χ0n) is 16.6. The number of ether oxygens (including phenoxy) is 1. The van der Waals surface area contributed by atoms with Crippen molar-refractivity contribution in [1.82, 2.24) is 19.5 Å². The van der Waals surface area contributed by atoms with Gasteiger partial charge in [0.2, 0.25) is 0 Å². The summed E-state index contributed by atoms with van der Waals surface area (Å²) in [6.45, 7) is 6.50. The molecule has 0 bridgehead atoms. The van der Waals surface area contributed by atoms with Crippen LogP contribution in [0.25, 0.3) is 5.65 Å². The summed E-state index contributed by atoms with van der Waals surface area (Å²) < 4.78 is 12.6. The van der Waals surface area contributed by atoms with Crippen molar-refractivity contribution in [3.8, 4) is 0 Å². The van der Waals surface area contributed by atoms with Crippen molar-refractivity contribution >= 4 is 17.2 Å². The number of furan rings is 1. The highest BCUT2D eigenvalue weighted by atomic mass is 16.5. The molecule has 2 aliphatic heterocycles. The molecule has 3 aromatic rings. The van der Waals surface area contributed by atoms with Gasteiger partial charge < -0.3 is 19.0 Å². The van der Waals surface area contributed by atoms with E-state index in [1.54, 1.807) is 12.3 Å². The van der Waals surface area contributed by atoms with Gasteiger partial charge in [0.15, 0.2) is 11.5 Å². The molecular formula is C21H25N5O3. The molecule has 0 unspecified atom stereocenters. The molecule has 0 radical (unpaired) electrons. The molecule has 29 heavy (non-hydrogen) atoms. The molecule has 1 atom stereocenters. The van der Waals surface area contributed by atoms with E-state index in [1.165, 1.54) is 0 Å². The van der Waals surface area contributed by atoms with Gasteiger partial charge in [0.1, 0.15) is 5.76 Å². The number of likely N-dealkylation sites (tertiary alicyclic amines) is 1. The SMILES string of the molecule is Cc1occc1C(=O)N1CCC[C@@H](c2nc3ccc(N4CCOCC4)cn3n2)C1. The molecule has 2 aliphatic rings. The predicted octanol–water partition coefficient (Wildman–Crippen LogP) is 2.49. The third-order valence-corrected chi connectivity index (χ3v) is 5.87. The second-order valence-corrected chi connectivity index (χ2v) is 7.74. The molecule has 0 N–H and O–H groups in total. The van der Waals surface area contributed by atoms with Gasteiger partial charge in [0, 0.05) is 32.1 Å². The lowest BCUT2D eigenvalue weighted by molar-refractivity contribution is 0.0703. The Bertz CT molecular complexity index is 1020. The largest absolute Gasteiger partial charge is 0.469 e. The van der Waals surface area contributed by atoms with Crippen LogP contribution in [0.2, 0.25) is 0 Å². The molecule has 8 heteroatoms. The van der Waals surface area contributed by atoms with Crippen molar-refractivity contribution < 1.29 is 13.9 Å². The number of hydrogen-bond donors (Lipinski definition) is 0. The topological polar surface area (TPSA) is 76.1 Å². The van der Waals surface area contributed by atoms with Gasteiger partial charge in [-0.05, 0) is 38.0 Å². The quantitative estimate of drug-likeness (QED) is 0.678. The number of aromatic nitrogens is 3. The van der Waals surface area contributed by atoms with Gasteiger partial charge in [0.05, 0.1) is 36.9 Å². The lowest BCUT2D eigenvalue weighted by Gasteiger charge is -2.31. The highest BCUT2D eigenvalue weighted by molar-refractivity contribution is 5.95. The molecule has 3 aromatic heterocycles. The fourth-order valence-corrected chi connectivity index (χ4v) is 4.22. The third kappa shape index (κ3) is 3.48. The Hall–Kier alpha value is -2.87. The van der Waals surface area contributed by atoms with E-state index in [-0.39, 0.29) is 11.8 Å². The molecule has 8 nitrogen and oxygen atoms in total. The smallest absolute Gasteiger partial charge is 0.257 e. The minimum Gasteiger partial charge on any atom is -0.469 e. The van der Waals surface area contributed by atoms with E-state index in [2.05, 4.69) is 11.0 Å². The van der Waals surface area contributed by atoms with Crippen LogP contribution in [0, 0.1) is 6.92 Å². The number of rotatable bonds is 3. The predicted molar refractivity (Wildman–Crippen MR) is 107 cm³/mol. The Labute approximate surface area is 169 Å². The monoisotopic (exact) mass is 395 g/mol. The molecule has 0 aliphatic carbocycles. The number of aryl methyl sites for hydroxylation is 1. The van der Waals surface area contributed by atoms with Crippen LogP contribution in [0.15, 0.2) is 35.1 Å². The van der Waals surface area contributed by atoms with E-state index in [4.69, 9.17) is 19.2 Å². The average molecular weight is 395 g/mol. The number of anilines is 1. The molecule has 0 saturated carbocycles. The maximum Gasteiger partial charge on any atom is 0.257 e.